The predicted molar refractivity (Wildman–Crippen MR) is 110 cm³/mol. The number of benzene rings is 1. The Balaban J connectivity index is 1.86. The van der Waals surface area contributed by atoms with Gasteiger partial charge in [-0.3, -0.25) is 9.48 Å². The average Bonchev–Trinajstić information content (AvgIpc) is 2.93. The van der Waals surface area contributed by atoms with Crippen LogP contribution in [0, 0.1) is 5.41 Å². The van der Waals surface area contributed by atoms with Crippen LogP contribution in [0.5, 0.6) is 5.75 Å². The first-order valence-corrected chi connectivity index (χ1v) is 10.4. The smallest absolute Gasteiger partial charge is 0.422 e. The molecule has 0 bridgehead atoms. The molecule has 1 aromatic carbocycles. The molecule has 2 aromatic rings. The Labute approximate surface area is 187 Å². The highest BCUT2D eigenvalue weighted by Gasteiger charge is 2.48. The lowest BCUT2D eigenvalue weighted by atomic mass is 9.79. The summed E-state index contributed by atoms with van der Waals surface area (Å²) < 4.78 is 82.8. The Kier molecular flexibility index (Phi) is 6.72. The molecule has 0 atom stereocenters. The first-order chi connectivity index (χ1) is 15.2. The second-order valence-electron chi connectivity index (χ2n) is 8.90. The molecule has 3 rings (SSSR count). The molecule has 1 aromatic heterocycles. The van der Waals surface area contributed by atoms with Gasteiger partial charge in [0.2, 0.25) is 5.91 Å². The van der Waals surface area contributed by atoms with Crippen molar-refractivity contribution in [2.24, 2.45) is 12.5 Å². The number of amides is 1. The summed E-state index contributed by atoms with van der Waals surface area (Å²) in [6, 6.07) is 5.91. The fourth-order valence-electron chi connectivity index (χ4n) is 3.54. The third-order valence-electron chi connectivity index (χ3n) is 5.76. The van der Waals surface area contributed by atoms with Crippen molar-refractivity contribution in [1.82, 2.24) is 9.78 Å². The first-order valence-electron chi connectivity index (χ1n) is 10.4. The van der Waals surface area contributed by atoms with E-state index in [9.17, 15) is 31.1 Å². The van der Waals surface area contributed by atoms with Gasteiger partial charge in [0, 0.05) is 24.6 Å². The zero-order chi connectivity index (χ0) is 24.6. The van der Waals surface area contributed by atoms with Gasteiger partial charge in [-0.1, -0.05) is 20.3 Å². The number of hydrogen-bond acceptors (Lipinski definition) is 3. The molecule has 1 heterocycles. The topological polar surface area (TPSA) is 56.1 Å². The van der Waals surface area contributed by atoms with Gasteiger partial charge < -0.3 is 10.1 Å². The molecule has 1 saturated carbocycles. The van der Waals surface area contributed by atoms with E-state index in [0.29, 0.717) is 22.6 Å². The molecule has 1 N–H and O–H groups in total. The minimum absolute atomic E-state index is 0.0418. The summed E-state index contributed by atoms with van der Waals surface area (Å²) in [5.74, 6) is -0.334. The third kappa shape index (κ3) is 5.80. The molecule has 0 saturated heterocycles. The van der Waals surface area contributed by atoms with E-state index in [1.54, 1.807) is 19.2 Å². The molecule has 1 amide bonds. The van der Waals surface area contributed by atoms with Crippen LogP contribution in [0.3, 0.4) is 0 Å². The van der Waals surface area contributed by atoms with E-state index in [2.05, 4.69) is 10.4 Å². The van der Waals surface area contributed by atoms with E-state index in [1.807, 2.05) is 0 Å². The van der Waals surface area contributed by atoms with Gasteiger partial charge in [0.05, 0.1) is 11.1 Å². The number of ether oxygens (including phenoxy) is 1. The number of hydrogen-bond donors (Lipinski definition) is 1. The van der Waals surface area contributed by atoms with Gasteiger partial charge in [-0.05, 0) is 43.0 Å². The molecule has 5 nitrogen and oxygen atoms in total. The maximum atomic E-state index is 13.2. The Morgan fingerprint density at radius 2 is 1.73 bits per heavy atom. The third-order valence-corrected chi connectivity index (χ3v) is 5.76. The number of carbonyl (C=O) groups excluding carboxylic acids is 1. The van der Waals surface area contributed by atoms with Gasteiger partial charge in [0.15, 0.2) is 6.61 Å². The maximum Gasteiger partial charge on any atom is 0.422 e. The minimum Gasteiger partial charge on any atom is -0.484 e. The highest BCUT2D eigenvalue weighted by molar-refractivity contribution is 5.92. The standard InChI is InChI=1S/C22H25F6N3O2/c1-20(2,22(26,27)28)11-16(32)29-19-17(13-5-4-6-13)18(30-31(19)3)14-7-9-15(10-8-14)33-12-21(23,24)25/h7-10,13H,4-6,11-12H2,1-3H3,(H,29,32). The number of alkyl halides is 6. The van der Waals surface area contributed by atoms with Gasteiger partial charge in [-0.25, -0.2) is 0 Å². The summed E-state index contributed by atoms with van der Waals surface area (Å²) in [7, 11) is 1.58. The Bertz CT molecular complexity index is 989. The van der Waals surface area contributed by atoms with Gasteiger partial charge in [0.25, 0.3) is 0 Å². The van der Waals surface area contributed by atoms with E-state index >= 15 is 0 Å². The van der Waals surface area contributed by atoms with Crippen molar-refractivity contribution >= 4 is 11.7 Å². The second-order valence-corrected chi connectivity index (χ2v) is 8.90. The Morgan fingerprint density at radius 1 is 1.12 bits per heavy atom. The van der Waals surface area contributed by atoms with Gasteiger partial charge in [0.1, 0.15) is 11.6 Å². The molecule has 0 spiro atoms. The van der Waals surface area contributed by atoms with Crippen molar-refractivity contribution < 1.29 is 35.9 Å². The summed E-state index contributed by atoms with van der Waals surface area (Å²) in [6.07, 6.45) is -7.09. The molecule has 33 heavy (non-hydrogen) atoms. The molecule has 0 aliphatic heterocycles. The molecular formula is C22H25F6N3O2. The average molecular weight is 477 g/mol. The SMILES string of the molecule is Cn1nc(-c2ccc(OCC(F)(F)F)cc2)c(C2CCC2)c1NC(=O)CC(C)(C)C(F)(F)F. The van der Waals surface area contributed by atoms with Crippen LogP contribution >= 0.6 is 0 Å². The van der Waals surface area contributed by atoms with Crippen LogP contribution in [-0.4, -0.2) is 34.6 Å². The van der Waals surface area contributed by atoms with Crippen LogP contribution in [0.2, 0.25) is 0 Å². The van der Waals surface area contributed by atoms with E-state index in [0.717, 1.165) is 33.1 Å². The summed E-state index contributed by atoms with van der Waals surface area (Å²) in [5.41, 5.74) is -0.356. The highest BCUT2D eigenvalue weighted by Crippen LogP contribution is 2.45. The van der Waals surface area contributed by atoms with Crippen molar-refractivity contribution in [2.75, 3.05) is 11.9 Å². The molecule has 1 aliphatic rings. The van der Waals surface area contributed by atoms with Crippen molar-refractivity contribution in [3.05, 3.63) is 29.8 Å². The zero-order valence-electron chi connectivity index (χ0n) is 18.4. The highest BCUT2D eigenvalue weighted by atomic mass is 19.4. The van der Waals surface area contributed by atoms with Crippen LogP contribution in [0.25, 0.3) is 11.3 Å². The Hall–Kier alpha value is -2.72. The monoisotopic (exact) mass is 477 g/mol. The van der Waals surface area contributed by atoms with Crippen molar-refractivity contribution in [1.29, 1.82) is 0 Å². The van der Waals surface area contributed by atoms with E-state index < -0.39 is 36.7 Å². The largest absolute Gasteiger partial charge is 0.484 e. The summed E-state index contributed by atoms with van der Waals surface area (Å²) in [5, 5.41) is 7.06. The van der Waals surface area contributed by atoms with E-state index in [1.165, 1.54) is 16.8 Å². The van der Waals surface area contributed by atoms with Crippen molar-refractivity contribution in [3.8, 4) is 17.0 Å². The first kappa shape index (κ1) is 24.9. The number of nitrogens with one attached hydrogen (secondary N) is 1. The van der Waals surface area contributed by atoms with Crippen LogP contribution in [-0.2, 0) is 11.8 Å². The fourth-order valence-corrected chi connectivity index (χ4v) is 3.54. The summed E-state index contributed by atoms with van der Waals surface area (Å²) in [6.45, 7) is 0.528. The number of carbonyl (C=O) groups is 1. The number of anilines is 1. The molecule has 1 fully saturated rings. The van der Waals surface area contributed by atoms with Crippen LogP contribution in [0.1, 0.15) is 51.0 Å². The number of rotatable bonds is 7. The zero-order valence-corrected chi connectivity index (χ0v) is 18.4. The number of aryl methyl sites for hydroxylation is 1. The molecular weight excluding hydrogens is 452 g/mol. The van der Waals surface area contributed by atoms with Crippen molar-refractivity contribution in [2.45, 2.75) is 57.8 Å². The summed E-state index contributed by atoms with van der Waals surface area (Å²) >= 11 is 0. The predicted octanol–water partition coefficient (Wildman–Crippen LogP) is 6.21. The van der Waals surface area contributed by atoms with E-state index in [4.69, 9.17) is 4.74 Å². The lowest BCUT2D eigenvalue weighted by Crippen LogP contribution is -2.36. The van der Waals surface area contributed by atoms with Crippen LogP contribution < -0.4 is 10.1 Å². The molecule has 0 radical (unpaired) electrons. The van der Waals surface area contributed by atoms with Gasteiger partial charge in [-0.2, -0.15) is 31.4 Å². The normalized spacial score (nSPS) is 15.3. The quantitative estimate of drug-likeness (QED) is 0.482. The summed E-state index contributed by atoms with van der Waals surface area (Å²) in [4.78, 5) is 12.5. The number of nitrogens with zero attached hydrogens (tertiary/aromatic N) is 2. The Morgan fingerprint density at radius 3 is 2.21 bits per heavy atom. The number of aromatic nitrogens is 2. The van der Waals surface area contributed by atoms with E-state index in [-0.39, 0.29) is 11.7 Å². The molecule has 0 unspecified atom stereocenters. The molecule has 11 heteroatoms. The van der Waals surface area contributed by atoms with Gasteiger partial charge >= 0.3 is 12.4 Å². The van der Waals surface area contributed by atoms with Crippen molar-refractivity contribution in [3.63, 3.8) is 0 Å². The second kappa shape index (κ2) is 8.90. The molecule has 1 aliphatic carbocycles. The van der Waals surface area contributed by atoms with Crippen LogP contribution in [0.4, 0.5) is 32.2 Å². The number of halogens is 6. The van der Waals surface area contributed by atoms with Crippen LogP contribution in [0.15, 0.2) is 24.3 Å². The molecule has 182 valence electrons. The fraction of sp³-hybridized carbons (Fsp3) is 0.545. The van der Waals surface area contributed by atoms with Gasteiger partial charge in [-0.15, -0.1) is 0 Å². The maximum absolute atomic E-state index is 13.2. The lowest BCUT2D eigenvalue weighted by molar-refractivity contribution is -0.213. The minimum atomic E-state index is -4.53. The lowest BCUT2D eigenvalue weighted by Gasteiger charge is -2.28.